The van der Waals surface area contributed by atoms with E-state index in [9.17, 15) is 4.79 Å². The summed E-state index contributed by atoms with van der Waals surface area (Å²) in [7, 11) is 1.85. The molecule has 0 bridgehead atoms. The molecule has 2 heterocycles. The largest absolute Gasteiger partial charge is 0.399 e. The lowest BCUT2D eigenvalue weighted by molar-refractivity contribution is -0.136. The fourth-order valence-corrected chi connectivity index (χ4v) is 3.78. The predicted octanol–water partition coefficient (Wildman–Crippen LogP) is 1.94. The monoisotopic (exact) mass is 290 g/mol. The highest BCUT2D eigenvalue weighted by molar-refractivity contribution is 7.22. The first kappa shape index (κ1) is 13.2. The summed E-state index contributed by atoms with van der Waals surface area (Å²) in [6, 6.07) is 5.71. The van der Waals surface area contributed by atoms with E-state index in [1.807, 2.05) is 39.1 Å². The Labute approximate surface area is 122 Å². The number of nitrogens with zero attached hydrogens (tertiary/aromatic N) is 3. The first-order valence-corrected chi connectivity index (χ1v) is 7.40. The van der Waals surface area contributed by atoms with Gasteiger partial charge in [-0.1, -0.05) is 11.3 Å². The normalized spacial score (nSPS) is 18.9. The zero-order valence-electron chi connectivity index (χ0n) is 11.9. The molecule has 1 aliphatic heterocycles. The topological polar surface area (TPSA) is 62.5 Å². The van der Waals surface area contributed by atoms with Crippen molar-refractivity contribution in [3.05, 3.63) is 18.2 Å². The van der Waals surface area contributed by atoms with Crippen molar-refractivity contribution in [2.24, 2.45) is 0 Å². The third-order valence-electron chi connectivity index (χ3n) is 3.84. The lowest BCUT2D eigenvalue weighted by Gasteiger charge is -2.44. The van der Waals surface area contributed by atoms with Crippen LogP contribution < -0.4 is 10.6 Å². The van der Waals surface area contributed by atoms with Gasteiger partial charge >= 0.3 is 0 Å². The molecular weight excluding hydrogens is 272 g/mol. The van der Waals surface area contributed by atoms with Crippen molar-refractivity contribution in [3.63, 3.8) is 0 Å². The summed E-state index contributed by atoms with van der Waals surface area (Å²) >= 11 is 1.59. The van der Waals surface area contributed by atoms with E-state index >= 15 is 0 Å². The Morgan fingerprint density at radius 2 is 2.10 bits per heavy atom. The van der Waals surface area contributed by atoms with Crippen LogP contribution in [0.3, 0.4) is 0 Å². The van der Waals surface area contributed by atoms with E-state index in [-0.39, 0.29) is 5.91 Å². The number of hydrogen-bond donors (Lipinski definition) is 1. The second-order valence-corrected chi connectivity index (χ2v) is 6.67. The molecule has 106 valence electrons. The Morgan fingerprint density at radius 1 is 1.35 bits per heavy atom. The average molecular weight is 290 g/mol. The van der Waals surface area contributed by atoms with Crippen molar-refractivity contribution in [2.75, 3.05) is 30.8 Å². The number of amides is 1. The van der Waals surface area contributed by atoms with Gasteiger partial charge in [0.15, 0.2) is 5.13 Å². The number of nitrogen functional groups attached to an aromatic ring is 1. The molecule has 2 N–H and O–H groups in total. The van der Waals surface area contributed by atoms with Crippen molar-refractivity contribution in [3.8, 4) is 0 Å². The molecule has 1 aliphatic rings. The van der Waals surface area contributed by atoms with E-state index < -0.39 is 5.54 Å². The van der Waals surface area contributed by atoms with E-state index in [0.29, 0.717) is 0 Å². The van der Waals surface area contributed by atoms with Crippen LogP contribution in [0.2, 0.25) is 0 Å². The van der Waals surface area contributed by atoms with Crippen LogP contribution in [-0.4, -0.2) is 41.5 Å². The SMILES string of the molecule is CN1CCN(c2nc3ccc(N)cc3s2)C(C)(C)C1=O. The van der Waals surface area contributed by atoms with Crippen LogP contribution in [0.4, 0.5) is 10.8 Å². The van der Waals surface area contributed by atoms with E-state index in [1.54, 1.807) is 16.2 Å². The number of fused-ring (bicyclic) bond motifs is 1. The van der Waals surface area contributed by atoms with Gasteiger partial charge < -0.3 is 15.5 Å². The van der Waals surface area contributed by atoms with E-state index in [0.717, 1.165) is 34.1 Å². The van der Waals surface area contributed by atoms with E-state index in [1.165, 1.54) is 0 Å². The number of piperazine rings is 1. The maximum Gasteiger partial charge on any atom is 0.247 e. The molecule has 0 saturated carbocycles. The fourth-order valence-electron chi connectivity index (χ4n) is 2.59. The smallest absolute Gasteiger partial charge is 0.247 e. The molecule has 5 nitrogen and oxygen atoms in total. The summed E-state index contributed by atoms with van der Waals surface area (Å²) in [4.78, 5) is 20.9. The summed E-state index contributed by atoms with van der Waals surface area (Å²) in [6.07, 6.45) is 0. The molecule has 1 fully saturated rings. The Hall–Kier alpha value is -1.82. The van der Waals surface area contributed by atoms with Crippen molar-refractivity contribution in [1.82, 2.24) is 9.88 Å². The highest BCUT2D eigenvalue weighted by Gasteiger charge is 2.41. The van der Waals surface area contributed by atoms with Gasteiger partial charge in [-0.25, -0.2) is 4.98 Å². The van der Waals surface area contributed by atoms with E-state index in [4.69, 9.17) is 5.73 Å². The quantitative estimate of drug-likeness (QED) is 0.815. The maximum atomic E-state index is 12.3. The van der Waals surface area contributed by atoms with Gasteiger partial charge in [-0.3, -0.25) is 4.79 Å². The molecule has 20 heavy (non-hydrogen) atoms. The number of rotatable bonds is 1. The van der Waals surface area contributed by atoms with Crippen LogP contribution in [0.1, 0.15) is 13.8 Å². The minimum Gasteiger partial charge on any atom is -0.399 e. The Morgan fingerprint density at radius 3 is 2.85 bits per heavy atom. The van der Waals surface area contributed by atoms with Gasteiger partial charge in [0, 0.05) is 25.8 Å². The molecule has 2 aromatic rings. The van der Waals surface area contributed by atoms with Crippen LogP contribution >= 0.6 is 11.3 Å². The summed E-state index contributed by atoms with van der Waals surface area (Å²) < 4.78 is 1.06. The molecule has 0 atom stereocenters. The number of hydrogen-bond acceptors (Lipinski definition) is 5. The van der Waals surface area contributed by atoms with Gasteiger partial charge in [-0.05, 0) is 32.0 Å². The Balaban J connectivity index is 2.04. The fraction of sp³-hybridized carbons (Fsp3) is 0.429. The predicted molar refractivity (Wildman–Crippen MR) is 83.1 cm³/mol. The Bertz CT molecular complexity index is 679. The lowest BCUT2D eigenvalue weighted by atomic mass is 9.99. The number of thiazole rings is 1. The third kappa shape index (κ3) is 1.91. The second-order valence-electron chi connectivity index (χ2n) is 5.66. The molecule has 1 aromatic carbocycles. The number of anilines is 2. The summed E-state index contributed by atoms with van der Waals surface area (Å²) in [6.45, 7) is 5.42. The molecule has 0 spiro atoms. The van der Waals surface area contributed by atoms with Crippen molar-refractivity contribution in [2.45, 2.75) is 19.4 Å². The van der Waals surface area contributed by atoms with Crippen LogP contribution in [0.15, 0.2) is 18.2 Å². The molecule has 3 rings (SSSR count). The average Bonchev–Trinajstić information content (AvgIpc) is 2.78. The molecule has 1 amide bonds. The maximum absolute atomic E-state index is 12.3. The highest BCUT2D eigenvalue weighted by atomic mass is 32.1. The summed E-state index contributed by atoms with van der Waals surface area (Å²) in [5.41, 5.74) is 6.92. The number of benzene rings is 1. The van der Waals surface area contributed by atoms with Gasteiger partial charge in [-0.15, -0.1) is 0 Å². The molecule has 0 unspecified atom stereocenters. The number of aromatic nitrogens is 1. The van der Waals surface area contributed by atoms with Crippen molar-refractivity contribution in [1.29, 1.82) is 0 Å². The number of nitrogens with two attached hydrogens (primary N) is 1. The van der Waals surface area contributed by atoms with Gasteiger partial charge in [0.2, 0.25) is 5.91 Å². The van der Waals surface area contributed by atoms with Crippen LogP contribution in [0, 0.1) is 0 Å². The lowest BCUT2D eigenvalue weighted by Crippen LogP contribution is -2.62. The number of carbonyl (C=O) groups excluding carboxylic acids is 1. The molecule has 0 aliphatic carbocycles. The molecule has 6 heteroatoms. The van der Waals surface area contributed by atoms with E-state index in [2.05, 4.69) is 9.88 Å². The van der Waals surface area contributed by atoms with Crippen molar-refractivity contribution < 1.29 is 4.79 Å². The molecular formula is C14H18N4OS. The van der Waals surface area contributed by atoms with Crippen LogP contribution in [-0.2, 0) is 4.79 Å². The first-order valence-electron chi connectivity index (χ1n) is 6.59. The van der Waals surface area contributed by atoms with Crippen LogP contribution in [0.5, 0.6) is 0 Å². The minimum atomic E-state index is -0.563. The zero-order valence-corrected chi connectivity index (χ0v) is 12.7. The summed E-state index contributed by atoms with van der Waals surface area (Å²) in [5.74, 6) is 0.127. The molecule has 1 aromatic heterocycles. The second kappa shape index (κ2) is 4.34. The first-order chi connectivity index (χ1) is 9.39. The molecule has 0 radical (unpaired) electrons. The zero-order chi connectivity index (χ0) is 14.5. The number of carbonyl (C=O) groups is 1. The van der Waals surface area contributed by atoms with Gasteiger partial charge in [0.05, 0.1) is 10.2 Å². The van der Waals surface area contributed by atoms with Gasteiger partial charge in [0.25, 0.3) is 0 Å². The third-order valence-corrected chi connectivity index (χ3v) is 4.88. The van der Waals surface area contributed by atoms with Gasteiger partial charge in [0.1, 0.15) is 5.54 Å². The molecule has 1 saturated heterocycles. The standard InChI is InChI=1S/C14H18N4OS/c1-14(2)12(19)17(3)6-7-18(14)13-16-10-5-4-9(15)8-11(10)20-13/h4-5,8H,6-7,15H2,1-3H3. The minimum absolute atomic E-state index is 0.127. The van der Waals surface area contributed by atoms with Crippen molar-refractivity contribution >= 4 is 38.3 Å². The highest BCUT2D eigenvalue weighted by Crippen LogP contribution is 2.35. The summed E-state index contributed by atoms with van der Waals surface area (Å²) in [5, 5.41) is 0.886. The number of likely N-dealkylation sites (N-methyl/N-ethyl adjacent to an activating group) is 1. The van der Waals surface area contributed by atoms with Gasteiger partial charge in [-0.2, -0.15) is 0 Å². The Kier molecular flexibility index (Phi) is 2.86. The van der Waals surface area contributed by atoms with Crippen LogP contribution in [0.25, 0.3) is 10.2 Å².